The van der Waals surface area contributed by atoms with Gasteiger partial charge < -0.3 is 10.0 Å². The van der Waals surface area contributed by atoms with Crippen LogP contribution in [0, 0.1) is 0 Å². The Labute approximate surface area is 95.0 Å². The third-order valence-electron chi connectivity index (χ3n) is 2.79. The van der Waals surface area contributed by atoms with Crippen molar-refractivity contribution in [2.45, 2.75) is 19.4 Å². The van der Waals surface area contributed by atoms with Gasteiger partial charge in [0.2, 0.25) is 5.91 Å². The molecule has 0 bridgehead atoms. The van der Waals surface area contributed by atoms with Crippen LogP contribution in [0.1, 0.15) is 18.9 Å². The molecule has 3 nitrogen and oxygen atoms in total. The Balaban J connectivity index is 2.36. The maximum Gasteiger partial charge on any atom is 0.229 e. The number of hydrogen-bond donors (Lipinski definition) is 1. The molecule has 1 aliphatic rings. The summed E-state index contributed by atoms with van der Waals surface area (Å²) < 4.78 is 0. The first kappa shape index (κ1) is 10.9. The second-order valence-corrected chi connectivity index (χ2v) is 3.85. The molecule has 84 valence electrons. The summed E-state index contributed by atoms with van der Waals surface area (Å²) in [6, 6.07) is 9.67. The molecule has 1 aromatic rings. The SMILES string of the molecule is CCN1C=C(c2ccccc2)C(O)CC1=O. The van der Waals surface area contributed by atoms with Crippen LogP contribution in [0.5, 0.6) is 0 Å². The lowest BCUT2D eigenvalue weighted by Gasteiger charge is -2.27. The van der Waals surface area contributed by atoms with E-state index in [-0.39, 0.29) is 12.3 Å². The lowest BCUT2D eigenvalue weighted by atomic mass is 9.96. The number of amides is 1. The highest BCUT2D eigenvalue weighted by Gasteiger charge is 2.25. The zero-order valence-corrected chi connectivity index (χ0v) is 9.26. The van der Waals surface area contributed by atoms with Crippen molar-refractivity contribution < 1.29 is 9.90 Å². The van der Waals surface area contributed by atoms with Gasteiger partial charge in [-0.15, -0.1) is 0 Å². The maximum atomic E-state index is 11.5. The first-order valence-corrected chi connectivity index (χ1v) is 5.47. The molecule has 1 N–H and O–H groups in total. The summed E-state index contributed by atoms with van der Waals surface area (Å²) in [5, 5.41) is 9.89. The van der Waals surface area contributed by atoms with Crippen molar-refractivity contribution in [2.75, 3.05) is 6.54 Å². The van der Waals surface area contributed by atoms with Gasteiger partial charge in [0.1, 0.15) is 0 Å². The Morgan fingerprint density at radius 1 is 1.38 bits per heavy atom. The minimum atomic E-state index is -0.683. The molecular formula is C13H15NO2. The Bertz CT molecular complexity index is 411. The van der Waals surface area contributed by atoms with E-state index in [0.29, 0.717) is 6.54 Å². The molecule has 16 heavy (non-hydrogen) atoms. The van der Waals surface area contributed by atoms with Crippen LogP contribution in [-0.4, -0.2) is 28.6 Å². The number of carbonyl (C=O) groups is 1. The summed E-state index contributed by atoms with van der Waals surface area (Å²) in [7, 11) is 0. The van der Waals surface area contributed by atoms with Crippen molar-refractivity contribution in [2.24, 2.45) is 0 Å². The quantitative estimate of drug-likeness (QED) is 0.818. The Morgan fingerprint density at radius 3 is 2.69 bits per heavy atom. The van der Waals surface area contributed by atoms with Gasteiger partial charge in [-0.05, 0) is 12.5 Å². The van der Waals surface area contributed by atoms with Crippen LogP contribution in [0.25, 0.3) is 5.57 Å². The maximum absolute atomic E-state index is 11.5. The number of rotatable bonds is 2. The number of aliphatic hydroxyl groups is 1. The van der Waals surface area contributed by atoms with Crippen molar-refractivity contribution in [3.63, 3.8) is 0 Å². The summed E-state index contributed by atoms with van der Waals surface area (Å²) in [4.78, 5) is 13.2. The van der Waals surface area contributed by atoms with E-state index in [4.69, 9.17) is 0 Å². The molecule has 2 rings (SSSR count). The highest BCUT2D eigenvalue weighted by molar-refractivity contribution is 5.86. The second kappa shape index (κ2) is 4.49. The fourth-order valence-electron chi connectivity index (χ4n) is 1.88. The van der Waals surface area contributed by atoms with Crippen LogP contribution in [0.4, 0.5) is 0 Å². The normalized spacial score (nSPS) is 20.9. The van der Waals surface area contributed by atoms with Gasteiger partial charge in [0, 0.05) is 18.3 Å². The smallest absolute Gasteiger partial charge is 0.229 e. The molecule has 3 heteroatoms. The summed E-state index contributed by atoms with van der Waals surface area (Å²) in [6.45, 7) is 2.57. The van der Waals surface area contributed by atoms with E-state index in [1.165, 1.54) is 0 Å². The summed E-state index contributed by atoms with van der Waals surface area (Å²) >= 11 is 0. The van der Waals surface area contributed by atoms with Gasteiger partial charge in [-0.25, -0.2) is 0 Å². The summed E-state index contributed by atoms with van der Waals surface area (Å²) in [5.41, 5.74) is 1.79. The van der Waals surface area contributed by atoms with Crippen molar-refractivity contribution in [1.82, 2.24) is 4.90 Å². The van der Waals surface area contributed by atoms with Crippen molar-refractivity contribution in [3.05, 3.63) is 42.1 Å². The summed E-state index contributed by atoms with van der Waals surface area (Å²) in [6.07, 6.45) is 1.25. The molecule has 1 heterocycles. The van der Waals surface area contributed by atoms with E-state index in [1.54, 1.807) is 11.1 Å². The van der Waals surface area contributed by atoms with Gasteiger partial charge in [0.15, 0.2) is 0 Å². The van der Waals surface area contributed by atoms with E-state index >= 15 is 0 Å². The van der Waals surface area contributed by atoms with Gasteiger partial charge in [-0.2, -0.15) is 0 Å². The molecule has 0 saturated carbocycles. The topological polar surface area (TPSA) is 40.5 Å². The molecule has 0 aromatic heterocycles. The molecule has 0 fully saturated rings. The fraction of sp³-hybridized carbons (Fsp3) is 0.308. The molecule has 1 unspecified atom stereocenters. The number of nitrogens with zero attached hydrogens (tertiary/aromatic N) is 1. The molecule has 1 amide bonds. The van der Waals surface area contributed by atoms with Crippen LogP contribution in [0.2, 0.25) is 0 Å². The number of aliphatic hydroxyl groups excluding tert-OH is 1. The lowest BCUT2D eigenvalue weighted by molar-refractivity contribution is -0.130. The minimum absolute atomic E-state index is 0.0188. The van der Waals surface area contributed by atoms with Crippen LogP contribution < -0.4 is 0 Å². The van der Waals surface area contributed by atoms with E-state index in [9.17, 15) is 9.90 Å². The third-order valence-corrected chi connectivity index (χ3v) is 2.79. The van der Waals surface area contributed by atoms with Crippen molar-refractivity contribution >= 4 is 11.5 Å². The van der Waals surface area contributed by atoms with Crippen LogP contribution >= 0.6 is 0 Å². The predicted octanol–water partition coefficient (Wildman–Crippen LogP) is 1.64. The average Bonchev–Trinajstić information content (AvgIpc) is 2.30. The Hall–Kier alpha value is -1.61. The van der Waals surface area contributed by atoms with E-state index in [2.05, 4.69) is 0 Å². The Kier molecular flexibility index (Phi) is 3.06. The number of hydrogen-bond acceptors (Lipinski definition) is 2. The predicted molar refractivity (Wildman–Crippen MR) is 62.4 cm³/mol. The van der Waals surface area contributed by atoms with Gasteiger partial charge in [-0.1, -0.05) is 30.3 Å². The largest absolute Gasteiger partial charge is 0.388 e. The van der Waals surface area contributed by atoms with E-state index in [1.807, 2.05) is 37.3 Å². The van der Waals surface area contributed by atoms with Crippen LogP contribution in [0.15, 0.2) is 36.5 Å². The van der Waals surface area contributed by atoms with Gasteiger partial charge in [0.25, 0.3) is 0 Å². The van der Waals surface area contributed by atoms with Crippen LogP contribution in [-0.2, 0) is 4.79 Å². The number of carbonyl (C=O) groups excluding carboxylic acids is 1. The first-order chi connectivity index (χ1) is 7.72. The van der Waals surface area contributed by atoms with Crippen molar-refractivity contribution in [1.29, 1.82) is 0 Å². The molecule has 0 radical (unpaired) electrons. The Morgan fingerprint density at radius 2 is 2.06 bits per heavy atom. The minimum Gasteiger partial charge on any atom is -0.388 e. The first-order valence-electron chi connectivity index (χ1n) is 5.47. The number of benzene rings is 1. The van der Waals surface area contributed by atoms with E-state index < -0.39 is 6.10 Å². The zero-order chi connectivity index (χ0) is 11.5. The highest BCUT2D eigenvalue weighted by atomic mass is 16.3. The molecule has 0 saturated heterocycles. The standard InChI is InChI=1S/C13H15NO2/c1-2-14-9-11(12(15)8-13(14)16)10-6-4-3-5-7-10/h3-7,9,12,15H,2,8H2,1H3. The van der Waals surface area contributed by atoms with Crippen molar-refractivity contribution in [3.8, 4) is 0 Å². The van der Waals surface area contributed by atoms with Gasteiger partial charge in [0.05, 0.1) is 12.5 Å². The fourth-order valence-corrected chi connectivity index (χ4v) is 1.88. The molecular weight excluding hydrogens is 202 g/mol. The summed E-state index contributed by atoms with van der Waals surface area (Å²) in [5.74, 6) is -0.0188. The van der Waals surface area contributed by atoms with Gasteiger partial charge in [-0.3, -0.25) is 4.79 Å². The molecule has 1 atom stereocenters. The molecule has 1 aromatic carbocycles. The zero-order valence-electron chi connectivity index (χ0n) is 9.26. The average molecular weight is 217 g/mol. The molecule has 0 aliphatic carbocycles. The monoisotopic (exact) mass is 217 g/mol. The van der Waals surface area contributed by atoms with E-state index in [0.717, 1.165) is 11.1 Å². The lowest BCUT2D eigenvalue weighted by Crippen LogP contribution is -2.34. The highest BCUT2D eigenvalue weighted by Crippen LogP contribution is 2.25. The molecule has 1 aliphatic heterocycles. The van der Waals surface area contributed by atoms with Gasteiger partial charge >= 0.3 is 0 Å². The second-order valence-electron chi connectivity index (χ2n) is 3.85. The van der Waals surface area contributed by atoms with Crippen LogP contribution in [0.3, 0.4) is 0 Å². The third kappa shape index (κ3) is 1.99. The molecule has 0 spiro atoms.